The molecule has 0 saturated heterocycles. The van der Waals surface area contributed by atoms with Crippen molar-refractivity contribution in [2.24, 2.45) is 0 Å². The first-order chi connectivity index (χ1) is 14.6. The topological polar surface area (TPSA) is 94.2 Å². The van der Waals surface area contributed by atoms with Crippen LogP contribution in [0.2, 0.25) is 0 Å². The number of aromatic nitrogens is 5. The lowest BCUT2D eigenvalue weighted by Gasteiger charge is -2.09. The molecule has 8 nitrogen and oxygen atoms in total. The number of nitrogens with zero attached hydrogens (tertiary/aromatic N) is 5. The van der Waals surface area contributed by atoms with Crippen molar-refractivity contribution in [3.63, 3.8) is 0 Å². The van der Waals surface area contributed by atoms with Crippen LogP contribution in [0.3, 0.4) is 0 Å². The Morgan fingerprint density at radius 3 is 2.53 bits per heavy atom. The molecule has 5 aromatic rings. The fourth-order valence-electron chi connectivity index (χ4n) is 3.21. The Labute approximate surface area is 168 Å². The maximum Gasteiger partial charge on any atom is 0.280 e. The highest BCUT2D eigenvalue weighted by Gasteiger charge is 2.14. The summed E-state index contributed by atoms with van der Waals surface area (Å²) in [6.07, 6.45) is 7.51. The Kier molecular flexibility index (Phi) is 4.06. The number of nitrogens with one attached hydrogen (secondary N) is 1. The highest BCUT2D eigenvalue weighted by atomic mass is 19.1. The number of carbonyl (C=O) groups is 1. The van der Waals surface area contributed by atoms with Gasteiger partial charge in [0, 0.05) is 35.9 Å². The van der Waals surface area contributed by atoms with E-state index in [1.54, 1.807) is 41.0 Å². The summed E-state index contributed by atoms with van der Waals surface area (Å²) in [4.78, 5) is 33.5. The maximum absolute atomic E-state index is 13.2. The third kappa shape index (κ3) is 2.89. The summed E-state index contributed by atoms with van der Waals surface area (Å²) < 4.78 is 15.9. The zero-order valence-electron chi connectivity index (χ0n) is 15.4. The average Bonchev–Trinajstić information content (AvgIpc) is 3.21. The predicted molar refractivity (Wildman–Crippen MR) is 108 cm³/mol. The Bertz CT molecular complexity index is 1460. The van der Waals surface area contributed by atoms with Crippen molar-refractivity contribution in [1.82, 2.24) is 24.3 Å². The molecule has 0 aliphatic heterocycles. The number of fused-ring (bicyclic) bond motifs is 3. The second-order valence-electron chi connectivity index (χ2n) is 6.53. The first-order valence-electron chi connectivity index (χ1n) is 8.97. The molecule has 4 heterocycles. The van der Waals surface area contributed by atoms with Crippen LogP contribution in [0.4, 0.5) is 4.39 Å². The van der Waals surface area contributed by atoms with Crippen LogP contribution in [0, 0.1) is 5.82 Å². The second-order valence-corrected chi connectivity index (χ2v) is 6.53. The van der Waals surface area contributed by atoms with Crippen molar-refractivity contribution in [2.45, 2.75) is 0 Å². The molecule has 5 rings (SSSR count). The van der Waals surface area contributed by atoms with Crippen molar-refractivity contribution in [3.8, 4) is 11.1 Å². The van der Waals surface area contributed by atoms with Crippen LogP contribution >= 0.6 is 0 Å². The third-order valence-electron chi connectivity index (χ3n) is 4.71. The normalized spacial score (nSPS) is 11.1. The number of hydrogen-bond acceptors (Lipinski definition) is 5. The van der Waals surface area contributed by atoms with Crippen LogP contribution in [0.1, 0.15) is 10.4 Å². The molecular formula is C21H13FN6O2. The van der Waals surface area contributed by atoms with E-state index in [0.29, 0.717) is 22.3 Å². The van der Waals surface area contributed by atoms with Gasteiger partial charge in [0.15, 0.2) is 5.65 Å². The molecule has 0 saturated carbocycles. The zero-order valence-corrected chi connectivity index (χ0v) is 15.4. The van der Waals surface area contributed by atoms with Crippen molar-refractivity contribution in [2.75, 3.05) is 5.43 Å². The molecule has 0 radical (unpaired) electrons. The Morgan fingerprint density at radius 2 is 1.77 bits per heavy atom. The largest absolute Gasteiger partial charge is 0.280 e. The molecule has 0 atom stereocenters. The van der Waals surface area contributed by atoms with E-state index < -0.39 is 11.5 Å². The SMILES string of the molecule is O=C(Nn1ccc2c(cnc3c(-c4ccc(F)cc4)cnn32)c1=O)c1ccncc1. The first kappa shape index (κ1) is 17.7. The van der Waals surface area contributed by atoms with Gasteiger partial charge in [-0.25, -0.2) is 18.6 Å². The van der Waals surface area contributed by atoms with E-state index in [1.165, 1.54) is 36.9 Å². The van der Waals surface area contributed by atoms with Gasteiger partial charge in [0.05, 0.1) is 17.1 Å². The van der Waals surface area contributed by atoms with Crippen molar-refractivity contribution in [3.05, 3.63) is 95.2 Å². The van der Waals surface area contributed by atoms with E-state index in [-0.39, 0.29) is 11.2 Å². The fourth-order valence-corrected chi connectivity index (χ4v) is 3.21. The monoisotopic (exact) mass is 400 g/mol. The van der Waals surface area contributed by atoms with Crippen LogP contribution in [-0.4, -0.2) is 30.2 Å². The van der Waals surface area contributed by atoms with Gasteiger partial charge in [0.1, 0.15) is 5.82 Å². The van der Waals surface area contributed by atoms with Crippen LogP contribution < -0.4 is 11.0 Å². The minimum atomic E-state index is -0.442. The van der Waals surface area contributed by atoms with Gasteiger partial charge in [-0.15, -0.1) is 0 Å². The molecule has 0 spiro atoms. The zero-order chi connectivity index (χ0) is 20.7. The molecule has 0 aliphatic carbocycles. The van der Waals surface area contributed by atoms with E-state index in [9.17, 15) is 14.0 Å². The van der Waals surface area contributed by atoms with Crippen molar-refractivity contribution >= 4 is 22.5 Å². The Hall–Kier alpha value is -4.40. The lowest BCUT2D eigenvalue weighted by atomic mass is 10.1. The number of rotatable bonds is 3. The minimum Gasteiger partial charge on any atom is -0.267 e. The number of halogens is 1. The summed E-state index contributed by atoms with van der Waals surface area (Å²) >= 11 is 0. The number of pyridine rings is 2. The van der Waals surface area contributed by atoms with Crippen molar-refractivity contribution < 1.29 is 9.18 Å². The molecule has 0 unspecified atom stereocenters. The molecule has 9 heteroatoms. The molecule has 146 valence electrons. The molecule has 1 amide bonds. The summed E-state index contributed by atoms with van der Waals surface area (Å²) in [7, 11) is 0. The van der Waals surface area contributed by atoms with Crippen molar-refractivity contribution in [1.29, 1.82) is 0 Å². The molecular weight excluding hydrogens is 387 g/mol. The van der Waals surface area contributed by atoms with Gasteiger partial charge in [0.2, 0.25) is 0 Å². The third-order valence-corrected chi connectivity index (χ3v) is 4.71. The average molecular weight is 400 g/mol. The van der Waals surface area contributed by atoms with Crippen LogP contribution in [0.15, 0.2) is 78.2 Å². The van der Waals surface area contributed by atoms with Gasteiger partial charge in [-0.2, -0.15) is 5.10 Å². The second kappa shape index (κ2) is 6.89. The standard InChI is InChI=1S/C21H13FN6O2/c22-15-3-1-13(2-4-15)16-12-25-28-18-7-10-27(21(30)17(18)11-24-19(16)28)26-20(29)14-5-8-23-9-6-14/h1-12H,(H,26,29). The van der Waals surface area contributed by atoms with Gasteiger partial charge in [0.25, 0.3) is 11.5 Å². The predicted octanol–water partition coefficient (Wildman–Crippen LogP) is 2.63. The number of hydrogen-bond donors (Lipinski definition) is 1. The molecule has 1 N–H and O–H groups in total. The van der Waals surface area contributed by atoms with E-state index in [1.807, 2.05) is 0 Å². The maximum atomic E-state index is 13.2. The van der Waals surface area contributed by atoms with Gasteiger partial charge >= 0.3 is 0 Å². The van der Waals surface area contributed by atoms with Crippen LogP contribution in [0.5, 0.6) is 0 Å². The number of carbonyl (C=O) groups excluding carboxylic acids is 1. The van der Waals surface area contributed by atoms with Gasteiger partial charge in [-0.1, -0.05) is 12.1 Å². The Morgan fingerprint density at radius 1 is 1.00 bits per heavy atom. The highest BCUT2D eigenvalue weighted by molar-refractivity contribution is 6.00. The fraction of sp³-hybridized carbons (Fsp3) is 0. The smallest absolute Gasteiger partial charge is 0.267 e. The quantitative estimate of drug-likeness (QED) is 0.502. The molecule has 30 heavy (non-hydrogen) atoms. The van der Waals surface area contributed by atoms with E-state index in [0.717, 1.165) is 10.2 Å². The van der Waals surface area contributed by atoms with E-state index in [4.69, 9.17) is 0 Å². The lowest BCUT2D eigenvalue weighted by molar-refractivity contribution is 0.101. The summed E-state index contributed by atoms with van der Waals surface area (Å²) in [5, 5.41) is 4.63. The van der Waals surface area contributed by atoms with Crippen LogP contribution in [-0.2, 0) is 0 Å². The van der Waals surface area contributed by atoms with Crippen LogP contribution in [0.25, 0.3) is 27.7 Å². The number of benzene rings is 1. The first-order valence-corrected chi connectivity index (χ1v) is 8.97. The highest BCUT2D eigenvalue weighted by Crippen LogP contribution is 2.25. The number of amides is 1. The van der Waals surface area contributed by atoms with E-state index in [2.05, 4.69) is 20.5 Å². The molecule has 4 aromatic heterocycles. The molecule has 0 aliphatic rings. The van der Waals surface area contributed by atoms with Gasteiger partial charge in [-0.05, 0) is 35.9 Å². The van der Waals surface area contributed by atoms with E-state index >= 15 is 0 Å². The Balaban J connectivity index is 1.58. The summed E-state index contributed by atoms with van der Waals surface area (Å²) in [5.74, 6) is -0.770. The summed E-state index contributed by atoms with van der Waals surface area (Å²) in [6.45, 7) is 0. The van der Waals surface area contributed by atoms with Gasteiger partial charge in [-0.3, -0.25) is 20.0 Å². The lowest BCUT2D eigenvalue weighted by Crippen LogP contribution is -2.33. The molecule has 0 fully saturated rings. The summed E-state index contributed by atoms with van der Waals surface area (Å²) in [5.41, 5.74) is 5.03. The van der Waals surface area contributed by atoms with Gasteiger partial charge < -0.3 is 0 Å². The molecule has 1 aromatic carbocycles. The molecule has 0 bridgehead atoms. The summed E-state index contributed by atoms with van der Waals surface area (Å²) in [6, 6.07) is 10.8. The minimum absolute atomic E-state index is 0.286.